The maximum absolute atomic E-state index is 12.8. The topological polar surface area (TPSA) is 56.1 Å². The van der Waals surface area contributed by atoms with Crippen molar-refractivity contribution in [2.75, 3.05) is 7.11 Å². The number of hydrogen-bond acceptors (Lipinski definition) is 3. The molecule has 1 heterocycles. The summed E-state index contributed by atoms with van der Waals surface area (Å²) < 4.78 is 6.97. The molecule has 134 valence electrons. The van der Waals surface area contributed by atoms with E-state index >= 15 is 0 Å². The van der Waals surface area contributed by atoms with E-state index < -0.39 is 0 Å². The molecule has 0 bridgehead atoms. The van der Waals surface area contributed by atoms with Gasteiger partial charge in [-0.15, -0.1) is 0 Å². The number of methoxy groups -OCH3 is 1. The van der Waals surface area contributed by atoms with E-state index in [1.54, 1.807) is 11.8 Å². The lowest BCUT2D eigenvalue weighted by atomic mass is 10.1. The molecule has 0 unspecified atom stereocenters. The van der Waals surface area contributed by atoms with Gasteiger partial charge in [-0.05, 0) is 51.1 Å². The van der Waals surface area contributed by atoms with Gasteiger partial charge >= 0.3 is 0 Å². The zero-order chi connectivity index (χ0) is 18.7. The summed E-state index contributed by atoms with van der Waals surface area (Å²) >= 11 is 0. The Kier molecular flexibility index (Phi) is 4.80. The van der Waals surface area contributed by atoms with Gasteiger partial charge in [-0.1, -0.05) is 30.3 Å². The molecule has 3 aromatic rings. The first kappa shape index (κ1) is 17.7. The van der Waals surface area contributed by atoms with E-state index in [0.717, 1.165) is 17.0 Å². The minimum atomic E-state index is -0.334. The predicted octanol–water partition coefficient (Wildman–Crippen LogP) is 4.08. The Bertz CT molecular complexity index is 909. The Morgan fingerprint density at radius 2 is 1.77 bits per heavy atom. The van der Waals surface area contributed by atoms with Crippen LogP contribution in [0.1, 0.15) is 31.3 Å². The molecule has 5 nitrogen and oxygen atoms in total. The fourth-order valence-electron chi connectivity index (χ4n) is 2.64. The highest BCUT2D eigenvalue weighted by Crippen LogP contribution is 2.25. The lowest BCUT2D eigenvalue weighted by molar-refractivity contribution is 0.0911. The molecule has 0 aliphatic heterocycles. The van der Waals surface area contributed by atoms with Crippen molar-refractivity contribution < 1.29 is 9.53 Å². The Balaban J connectivity index is 2.09. The van der Waals surface area contributed by atoms with Gasteiger partial charge in [-0.3, -0.25) is 4.79 Å². The maximum Gasteiger partial charge on any atom is 0.270 e. The normalized spacial score (nSPS) is 11.2. The smallest absolute Gasteiger partial charge is 0.270 e. The number of aromatic nitrogens is 2. The highest BCUT2D eigenvalue weighted by atomic mass is 16.5. The lowest BCUT2D eigenvalue weighted by Gasteiger charge is -2.20. The molecule has 0 aliphatic rings. The third kappa shape index (κ3) is 3.94. The van der Waals surface area contributed by atoms with Gasteiger partial charge in [0.1, 0.15) is 11.4 Å². The molecule has 0 spiro atoms. The number of nitrogens with zero attached hydrogens (tertiary/aromatic N) is 2. The van der Waals surface area contributed by atoms with Crippen molar-refractivity contribution in [2.24, 2.45) is 0 Å². The van der Waals surface area contributed by atoms with E-state index in [-0.39, 0.29) is 11.4 Å². The van der Waals surface area contributed by atoms with Crippen LogP contribution in [-0.2, 0) is 0 Å². The molecule has 0 aliphatic carbocycles. The van der Waals surface area contributed by atoms with Crippen LogP contribution in [0.4, 0.5) is 0 Å². The van der Waals surface area contributed by atoms with Gasteiger partial charge in [-0.2, -0.15) is 5.10 Å². The van der Waals surface area contributed by atoms with Crippen LogP contribution in [0.15, 0.2) is 60.7 Å². The number of para-hydroxylation sites is 1. The Morgan fingerprint density at radius 3 is 2.42 bits per heavy atom. The number of amides is 1. The first-order chi connectivity index (χ1) is 12.4. The molecule has 1 N–H and O–H groups in total. The van der Waals surface area contributed by atoms with E-state index in [0.29, 0.717) is 11.4 Å². The predicted molar refractivity (Wildman–Crippen MR) is 103 cm³/mol. The highest BCUT2D eigenvalue weighted by Gasteiger charge is 2.21. The van der Waals surface area contributed by atoms with E-state index in [4.69, 9.17) is 4.74 Å². The van der Waals surface area contributed by atoms with Crippen LogP contribution in [-0.4, -0.2) is 28.3 Å². The zero-order valence-corrected chi connectivity index (χ0v) is 15.5. The van der Waals surface area contributed by atoms with Crippen molar-refractivity contribution in [2.45, 2.75) is 26.3 Å². The molecule has 0 atom stereocenters. The van der Waals surface area contributed by atoms with Gasteiger partial charge in [0.2, 0.25) is 0 Å². The van der Waals surface area contributed by atoms with Crippen molar-refractivity contribution >= 4 is 5.91 Å². The summed E-state index contributed by atoms with van der Waals surface area (Å²) in [5.41, 5.74) is 2.60. The number of hydrogen-bond donors (Lipinski definition) is 1. The third-order valence-corrected chi connectivity index (χ3v) is 3.80. The molecule has 0 saturated heterocycles. The van der Waals surface area contributed by atoms with E-state index in [1.165, 1.54) is 0 Å². The quantitative estimate of drug-likeness (QED) is 0.772. The summed E-state index contributed by atoms with van der Waals surface area (Å²) in [4.78, 5) is 12.8. The average Bonchev–Trinajstić information content (AvgIpc) is 3.07. The number of benzene rings is 2. The van der Waals surface area contributed by atoms with Gasteiger partial charge in [-0.25, -0.2) is 4.68 Å². The van der Waals surface area contributed by atoms with Crippen LogP contribution in [0, 0.1) is 0 Å². The fourth-order valence-corrected chi connectivity index (χ4v) is 2.64. The van der Waals surface area contributed by atoms with Crippen molar-refractivity contribution in [3.63, 3.8) is 0 Å². The number of nitrogens with one attached hydrogen (secondary N) is 1. The van der Waals surface area contributed by atoms with E-state index in [2.05, 4.69) is 10.4 Å². The molecule has 5 heteroatoms. The summed E-state index contributed by atoms with van der Waals surface area (Å²) in [7, 11) is 1.63. The van der Waals surface area contributed by atoms with Crippen molar-refractivity contribution in [1.29, 1.82) is 0 Å². The highest BCUT2D eigenvalue weighted by molar-refractivity contribution is 5.94. The van der Waals surface area contributed by atoms with Crippen LogP contribution in [0.3, 0.4) is 0 Å². The van der Waals surface area contributed by atoms with Crippen molar-refractivity contribution in [3.05, 3.63) is 66.4 Å². The third-order valence-electron chi connectivity index (χ3n) is 3.80. The number of rotatable bonds is 4. The molecule has 2 aromatic carbocycles. The standard InChI is InChI=1S/C21H23N3O2/c1-21(2,3)22-20(25)19-14-18(15-9-8-12-17(13-15)26-4)23-24(19)16-10-6-5-7-11-16/h5-14H,1-4H3,(H,22,25). The van der Waals surface area contributed by atoms with Gasteiger partial charge < -0.3 is 10.1 Å². The summed E-state index contributed by atoms with van der Waals surface area (Å²) in [5.74, 6) is 0.584. The van der Waals surface area contributed by atoms with Gasteiger partial charge in [0, 0.05) is 11.1 Å². The Morgan fingerprint density at radius 1 is 1.04 bits per heavy atom. The first-order valence-corrected chi connectivity index (χ1v) is 8.50. The van der Waals surface area contributed by atoms with Crippen molar-refractivity contribution in [3.8, 4) is 22.7 Å². The first-order valence-electron chi connectivity index (χ1n) is 8.50. The molecule has 1 aromatic heterocycles. The lowest BCUT2D eigenvalue weighted by Crippen LogP contribution is -2.41. The largest absolute Gasteiger partial charge is 0.497 e. The summed E-state index contributed by atoms with van der Waals surface area (Å²) in [6, 6.07) is 19.1. The Labute approximate surface area is 153 Å². The second-order valence-corrected chi connectivity index (χ2v) is 7.10. The molecular formula is C21H23N3O2. The summed E-state index contributed by atoms with van der Waals surface area (Å²) in [6.07, 6.45) is 0. The summed E-state index contributed by atoms with van der Waals surface area (Å²) in [6.45, 7) is 5.87. The minimum absolute atomic E-state index is 0.164. The minimum Gasteiger partial charge on any atom is -0.497 e. The van der Waals surface area contributed by atoms with Crippen LogP contribution >= 0.6 is 0 Å². The number of ether oxygens (including phenoxy) is 1. The SMILES string of the molecule is COc1cccc(-c2cc(C(=O)NC(C)(C)C)n(-c3ccccc3)n2)c1. The monoisotopic (exact) mass is 349 g/mol. The average molecular weight is 349 g/mol. The van der Waals surface area contributed by atoms with Crippen LogP contribution in [0.2, 0.25) is 0 Å². The molecular weight excluding hydrogens is 326 g/mol. The van der Waals surface area contributed by atoms with Crippen LogP contribution in [0.5, 0.6) is 5.75 Å². The van der Waals surface area contributed by atoms with Crippen molar-refractivity contribution in [1.82, 2.24) is 15.1 Å². The van der Waals surface area contributed by atoms with Crippen LogP contribution in [0.25, 0.3) is 16.9 Å². The molecule has 1 amide bonds. The van der Waals surface area contributed by atoms with E-state index in [1.807, 2.05) is 81.4 Å². The molecule has 3 rings (SSSR count). The number of carbonyl (C=O) groups excluding carboxylic acids is 1. The van der Waals surface area contributed by atoms with Gasteiger partial charge in [0.25, 0.3) is 5.91 Å². The van der Waals surface area contributed by atoms with E-state index in [9.17, 15) is 4.79 Å². The maximum atomic E-state index is 12.8. The fraction of sp³-hybridized carbons (Fsp3) is 0.238. The molecule has 0 saturated carbocycles. The molecule has 0 radical (unpaired) electrons. The molecule has 26 heavy (non-hydrogen) atoms. The second-order valence-electron chi connectivity index (χ2n) is 7.10. The zero-order valence-electron chi connectivity index (χ0n) is 15.5. The number of carbonyl (C=O) groups is 1. The van der Waals surface area contributed by atoms with Gasteiger partial charge in [0.05, 0.1) is 18.5 Å². The summed E-state index contributed by atoms with van der Waals surface area (Å²) in [5, 5.41) is 7.69. The second kappa shape index (κ2) is 7.04. The Hall–Kier alpha value is -3.08. The molecule has 0 fully saturated rings. The van der Waals surface area contributed by atoms with Crippen LogP contribution < -0.4 is 10.1 Å². The van der Waals surface area contributed by atoms with Gasteiger partial charge in [0.15, 0.2) is 0 Å².